The number of anilines is 1. The third-order valence-corrected chi connectivity index (χ3v) is 6.16. The molecule has 0 aromatic heterocycles. The number of nitrogens with zero attached hydrogens (tertiary/aromatic N) is 3. The van der Waals surface area contributed by atoms with E-state index in [2.05, 4.69) is 29.7 Å². The van der Waals surface area contributed by atoms with Crippen molar-refractivity contribution in [2.45, 2.75) is 32.0 Å². The Labute approximate surface area is 158 Å². The number of nitrogens with one attached hydrogen (secondary N) is 1. The molecule has 2 aromatic rings. The van der Waals surface area contributed by atoms with Crippen LogP contribution in [0.1, 0.15) is 29.5 Å². The molecule has 2 heterocycles. The average molecular weight is 360 g/mol. The number of hydrogen-bond acceptors (Lipinski definition) is 5. The van der Waals surface area contributed by atoms with Crippen molar-refractivity contribution >= 4 is 17.4 Å². The highest BCUT2D eigenvalue weighted by atomic mass is 32.2. The Morgan fingerprint density at radius 3 is 2.50 bits per heavy atom. The number of benzene rings is 2. The molecule has 5 heteroatoms. The first-order valence-electron chi connectivity index (χ1n) is 8.92. The Morgan fingerprint density at radius 1 is 1.04 bits per heavy atom. The normalized spacial score (nSPS) is 16.6. The van der Waals surface area contributed by atoms with Gasteiger partial charge in [0.05, 0.1) is 24.7 Å². The first-order valence-corrected chi connectivity index (χ1v) is 10.1. The molecule has 1 N–H and O–H groups in total. The standard InChI is InChI=1S/C21H20N4S/c22-11-15-1-3-16(4-2-15)20-10-19(24-18-5-7-26-8-6-18)9-17-12-25(14-23)13-21(17)20/h1-4,9-10,18,24H,5-8,12-13H2. The summed E-state index contributed by atoms with van der Waals surface area (Å²) in [5, 5.41) is 22.1. The van der Waals surface area contributed by atoms with Crippen molar-refractivity contribution < 1.29 is 0 Å². The molecule has 4 rings (SSSR count). The fourth-order valence-corrected chi connectivity index (χ4v) is 4.83. The van der Waals surface area contributed by atoms with Gasteiger partial charge in [0.1, 0.15) is 0 Å². The highest BCUT2D eigenvalue weighted by Gasteiger charge is 2.23. The predicted octanol–water partition coefficient (Wildman–Crippen LogP) is 4.33. The van der Waals surface area contributed by atoms with Crippen LogP contribution in [0.2, 0.25) is 0 Å². The molecule has 0 saturated carbocycles. The van der Waals surface area contributed by atoms with Crippen molar-refractivity contribution in [2.75, 3.05) is 16.8 Å². The summed E-state index contributed by atoms with van der Waals surface area (Å²) in [4.78, 5) is 1.79. The molecule has 0 atom stereocenters. The first-order chi connectivity index (χ1) is 12.8. The van der Waals surface area contributed by atoms with Crippen molar-refractivity contribution in [1.82, 2.24) is 4.90 Å². The van der Waals surface area contributed by atoms with Crippen LogP contribution in [-0.2, 0) is 13.1 Å². The molecule has 26 heavy (non-hydrogen) atoms. The molecule has 2 aliphatic heterocycles. The molecule has 0 spiro atoms. The van der Waals surface area contributed by atoms with Crippen molar-refractivity contribution in [1.29, 1.82) is 10.5 Å². The molecular formula is C21H20N4S. The van der Waals surface area contributed by atoms with E-state index in [-0.39, 0.29) is 0 Å². The maximum atomic E-state index is 9.32. The van der Waals surface area contributed by atoms with Gasteiger partial charge in [0.15, 0.2) is 6.19 Å². The zero-order valence-electron chi connectivity index (χ0n) is 14.5. The maximum Gasteiger partial charge on any atom is 0.179 e. The van der Waals surface area contributed by atoms with E-state index >= 15 is 0 Å². The van der Waals surface area contributed by atoms with Gasteiger partial charge in [-0.3, -0.25) is 0 Å². The van der Waals surface area contributed by atoms with E-state index in [9.17, 15) is 5.26 Å². The van der Waals surface area contributed by atoms with Gasteiger partial charge in [-0.25, -0.2) is 0 Å². The lowest BCUT2D eigenvalue weighted by Gasteiger charge is -2.24. The zero-order chi connectivity index (χ0) is 17.9. The molecule has 0 bridgehead atoms. The van der Waals surface area contributed by atoms with E-state index in [0.29, 0.717) is 24.7 Å². The van der Waals surface area contributed by atoms with Crippen molar-refractivity contribution in [3.8, 4) is 23.4 Å². The van der Waals surface area contributed by atoms with Crippen LogP contribution < -0.4 is 5.32 Å². The molecule has 2 aromatic carbocycles. The molecule has 0 radical (unpaired) electrons. The summed E-state index contributed by atoms with van der Waals surface area (Å²) in [6.07, 6.45) is 4.66. The smallest absolute Gasteiger partial charge is 0.179 e. The minimum absolute atomic E-state index is 0.525. The third kappa shape index (κ3) is 3.36. The van der Waals surface area contributed by atoms with Crippen LogP contribution in [0.15, 0.2) is 36.4 Å². The van der Waals surface area contributed by atoms with Gasteiger partial charge in [-0.2, -0.15) is 22.3 Å². The molecular weight excluding hydrogens is 340 g/mol. The Hall–Kier alpha value is -2.63. The van der Waals surface area contributed by atoms with E-state index in [1.807, 2.05) is 36.0 Å². The van der Waals surface area contributed by atoms with Gasteiger partial charge >= 0.3 is 0 Å². The largest absolute Gasteiger partial charge is 0.382 e. The van der Waals surface area contributed by atoms with E-state index in [1.165, 1.54) is 35.5 Å². The molecule has 0 aliphatic carbocycles. The highest BCUT2D eigenvalue weighted by molar-refractivity contribution is 7.99. The minimum atomic E-state index is 0.525. The first kappa shape index (κ1) is 16.8. The Bertz CT molecular complexity index is 886. The SMILES string of the molecule is N#Cc1ccc(-c2cc(NC3CCSCC3)cc3c2CN(C#N)C3)cc1. The van der Waals surface area contributed by atoms with Crippen LogP contribution in [-0.4, -0.2) is 22.4 Å². The fourth-order valence-electron chi connectivity index (χ4n) is 3.73. The Kier molecular flexibility index (Phi) is 4.73. The van der Waals surface area contributed by atoms with Gasteiger partial charge < -0.3 is 10.2 Å². The Morgan fingerprint density at radius 2 is 1.81 bits per heavy atom. The topological polar surface area (TPSA) is 62.9 Å². The van der Waals surface area contributed by atoms with Gasteiger partial charge in [0.2, 0.25) is 0 Å². The summed E-state index contributed by atoms with van der Waals surface area (Å²) in [5.74, 6) is 2.43. The summed E-state index contributed by atoms with van der Waals surface area (Å²) in [7, 11) is 0. The number of thioether (sulfide) groups is 1. The second kappa shape index (κ2) is 7.32. The monoisotopic (exact) mass is 360 g/mol. The number of nitriles is 2. The number of fused-ring (bicyclic) bond motifs is 1. The second-order valence-corrected chi connectivity index (χ2v) is 8.06. The predicted molar refractivity (Wildman–Crippen MR) is 105 cm³/mol. The molecule has 2 aliphatic rings. The third-order valence-electron chi connectivity index (χ3n) is 5.11. The summed E-state index contributed by atoms with van der Waals surface area (Å²) < 4.78 is 0. The van der Waals surface area contributed by atoms with E-state index < -0.39 is 0 Å². The van der Waals surface area contributed by atoms with Crippen molar-refractivity contribution in [3.63, 3.8) is 0 Å². The van der Waals surface area contributed by atoms with Gasteiger partial charge in [0.25, 0.3) is 0 Å². The van der Waals surface area contributed by atoms with Gasteiger partial charge in [-0.1, -0.05) is 12.1 Å². The molecule has 1 saturated heterocycles. The van der Waals surface area contributed by atoms with E-state index in [0.717, 1.165) is 16.8 Å². The lowest BCUT2D eigenvalue weighted by Crippen LogP contribution is -2.24. The second-order valence-electron chi connectivity index (χ2n) is 6.84. The van der Waals surface area contributed by atoms with Crippen LogP contribution in [0, 0.1) is 22.8 Å². The number of rotatable bonds is 3. The van der Waals surface area contributed by atoms with Crippen molar-refractivity contribution in [3.05, 3.63) is 53.1 Å². The van der Waals surface area contributed by atoms with Crippen LogP contribution in [0.3, 0.4) is 0 Å². The van der Waals surface area contributed by atoms with E-state index in [4.69, 9.17) is 5.26 Å². The summed E-state index contributed by atoms with van der Waals surface area (Å²) in [5.41, 5.74) is 6.51. The van der Waals surface area contributed by atoms with E-state index in [1.54, 1.807) is 4.90 Å². The Balaban J connectivity index is 1.71. The summed E-state index contributed by atoms with van der Waals surface area (Å²) in [6.45, 7) is 1.33. The molecule has 4 nitrogen and oxygen atoms in total. The van der Waals surface area contributed by atoms with Gasteiger partial charge in [0, 0.05) is 11.7 Å². The number of hydrogen-bond donors (Lipinski definition) is 1. The quantitative estimate of drug-likeness (QED) is 0.826. The van der Waals surface area contributed by atoms with Crippen LogP contribution in [0.5, 0.6) is 0 Å². The minimum Gasteiger partial charge on any atom is -0.382 e. The molecule has 130 valence electrons. The summed E-state index contributed by atoms with van der Waals surface area (Å²) >= 11 is 2.03. The van der Waals surface area contributed by atoms with Crippen LogP contribution >= 0.6 is 11.8 Å². The highest BCUT2D eigenvalue weighted by Crippen LogP contribution is 2.36. The average Bonchev–Trinajstić information content (AvgIpc) is 3.11. The maximum absolute atomic E-state index is 9.32. The van der Waals surface area contributed by atoms with Crippen LogP contribution in [0.25, 0.3) is 11.1 Å². The zero-order valence-corrected chi connectivity index (χ0v) is 15.4. The summed E-state index contributed by atoms with van der Waals surface area (Å²) in [6, 6.07) is 14.8. The lowest BCUT2D eigenvalue weighted by atomic mass is 9.95. The van der Waals surface area contributed by atoms with Gasteiger partial charge in [-0.05, 0) is 70.9 Å². The van der Waals surface area contributed by atoms with Gasteiger partial charge in [-0.15, -0.1) is 0 Å². The fraction of sp³-hybridized carbons (Fsp3) is 0.333. The molecule has 1 fully saturated rings. The molecule has 0 unspecified atom stereocenters. The molecule has 0 amide bonds. The van der Waals surface area contributed by atoms with Crippen molar-refractivity contribution in [2.24, 2.45) is 0 Å². The van der Waals surface area contributed by atoms with Crippen LogP contribution in [0.4, 0.5) is 5.69 Å². The lowest BCUT2D eigenvalue weighted by molar-refractivity contribution is 0.417.